The van der Waals surface area contributed by atoms with Crippen molar-refractivity contribution in [3.05, 3.63) is 95.2 Å². The van der Waals surface area contributed by atoms with E-state index in [2.05, 4.69) is 72.4 Å². The Kier molecular flexibility index (Phi) is 24.1. The number of nitrogens with zero attached hydrogens (tertiary/aromatic N) is 1. The third kappa shape index (κ3) is 17.8. The van der Waals surface area contributed by atoms with E-state index < -0.39 is 95.7 Å². The van der Waals surface area contributed by atoms with Crippen molar-refractivity contribution in [3.8, 4) is 11.5 Å². The number of nitrogens with one attached hydrogen (secondary N) is 8. The van der Waals surface area contributed by atoms with Gasteiger partial charge in [0, 0.05) is 60.5 Å². The summed E-state index contributed by atoms with van der Waals surface area (Å²) in [5.74, 6) is -6.36. The van der Waals surface area contributed by atoms with Crippen LogP contribution in [0.15, 0.2) is 72.9 Å². The number of phenolic OH excluding ortho intramolecular Hbond substituents is 2. The third-order valence-corrected chi connectivity index (χ3v) is 15.3. The molecule has 1 aliphatic carbocycles. The predicted octanol–water partition coefficient (Wildman–Crippen LogP) is 0.191. The summed E-state index contributed by atoms with van der Waals surface area (Å²) in [5, 5.41) is 49.6. The first-order valence-corrected chi connectivity index (χ1v) is 28.6. The maximum Gasteiger partial charge on any atom is 0.244 e. The second-order valence-electron chi connectivity index (χ2n) is 20.5. The molecule has 2 aliphatic rings. The number of fused-ring (bicyclic) bond motifs is 4. The summed E-state index contributed by atoms with van der Waals surface area (Å²) in [7, 11) is 0. The molecular formula is C56H77N11O12S2. The summed E-state index contributed by atoms with van der Waals surface area (Å²) >= 11 is 8.57. The van der Waals surface area contributed by atoms with Gasteiger partial charge in [-0.05, 0) is 118 Å². The Morgan fingerprint density at radius 3 is 1.99 bits per heavy atom. The Morgan fingerprint density at radius 1 is 0.728 bits per heavy atom. The number of aromatic amines is 1. The molecule has 23 nitrogen and oxygen atoms in total. The number of aryl methyl sites for hydroxylation is 1. The van der Waals surface area contributed by atoms with Crippen molar-refractivity contribution in [2.75, 3.05) is 37.7 Å². The zero-order chi connectivity index (χ0) is 58.8. The van der Waals surface area contributed by atoms with Crippen LogP contribution in [0.4, 0.5) is 0 Å². The maximum absolute atomic E-state index is 14.7. The minimum atomic E-state index is -1.46. The minimum Gasteiger partial charge on any atom is -0.508 e. The number of carbonyl (C=O) groups is 8. The van der Waals surface area contributed by atoms with E-state index in [9.17, 15) is 53.7 Å². The molecule has 440 valence electrons. The van der Waals surface area contributed by atoms with E-state index in [-0.39, 0.29) is 73.8 Å². The number of benzene rings is 3. The molecule has 0 saturated carbocycles. The molecule has 1 fully saturated rings. The summed E-state index contributed by atoms with van der Waals surface area (Å²) in [6.45, 7) is 4.89. The number of aromatic nitrogens is 1. The summed E-state index contributed by atoms with van der Waals surface area (Å²) in [6.07, 6.45) is 3.10. The van der Waals surface area contributed by atoms with E-state index in [1.807, 2.05) is 30.3 Å². The molecule has 3 aromatic carbocycles. The first-order valence-electron chi connectivity index (χ1n) is 27.4. The highest BCUT2D eigenvalue weighted by atomic mass is 32.1. The van der Waals surface area contributed by atoms with Crippen molar-refractivity contribution < 1.29 is 58.4 Å². The highest BCUT2D eigenvalue weighted by Crippen LogP contribution is 2.39. The fourth-order valence-corrected chi connectivity index (χ4v) is 10.6. The Labute approximate surface area is 481 Å². The van der Waals surface area contributed by atoms with Gasteiger partial charge in [-0.15, -0.1) is 0 Å². The second-order valence-corrected chi connectivity index (χ2v) is 21.2. The molecule has 8 amide bonds. The van der Waals surface area contributed by atoms with E-state index in [1.165, 1.54) is 19.1 Å². The van der Waals surface area contributed by atoms with E-state index in [0.29, 0.717) is 50.1 Å². The molecule has 1 saturated heterocycles. The van der Waals surface area contributed by atoms with E-state index >= 15 is 0 Å². The van der Waals surface area contributed by atoms with Crippen molar-refractivity contribution in [2.45, 2.75) is 139 Å². The van der Waals surface area contributed by atoms with Crippen molar-refractivity contribution in [1.29, 1.82) is 0 Å². The number of amides is 8. The summed E-state index contributed by atoms with van der Waals surface area (Å²) in [4.78, 5) is 115. The lowest BCUT2D eigenvalue weighted by molar-refractivity contribution is -0.135. The van der Waals surface area contributed by atoms with Crippen LogP contribution in [0.5, 0.6) is 11.5 Å². The average Bonchev–Trinajstić information content (AvgIpc) is 3.87. The molecule has 10 atom stereocenters. The zero-order valence-electron chi connectivity index (χ0n) is 45.5. The normalized spacial score (nSPS) is 18.0. The number of ether oxygens (including phenoxy) is 1. The van der Waals surface area contributed by atoms with E-state index in [0.717, 1.165) is 34.9 Å². The Hall–Kier alpha value is -6.90. The van der Waals surface area contributed by atoms with Crippen LogP contribution < -0.4 is 48.7 Å². The van der Waals surface area contributed by atoms with Gasteiger partial charge >= 0.3 is 0 Å². The van der Waals surface area contributed by atoms with Gasteiger partial charge in [-0.1, -0.05) is 43.3 Å². The first-order chi connectivity index (χ1) is 38.8. The first kappa shape index (κ1) is 63.3. The topological polar surface area (TPSA) is 362 Å². The molecule has 0 spiro atoms. The highest BCUT2D eigenvalue weighted by molar-refractivity contribution is 7.80. The van der Waals surface area contributed by atoms with Crippen LogP contribution in [-0.2, 0) is 62.4 Å². The number of H-pyrrole nitrogens is 1. The zero-order valence-corrected chi connectivity index (χ0v) is 47.3. The predicted molar refractivity (Wildman–Crippen MR) is 309 cm³/mol. The molecule has 25 heteroatoms. The number of para-hydroxylation sites is 1. The van der Waals surface area contributed by atoms with Crippen LogP contribution in [0.2, 0.25) is 0 Å². The number of phenols is 2. The van der Waals surface area contributed by atoms with Crippen LogP contribution in [0, 0.1) is 0 Å². The number of thiol groups is 2. The van der Waals surface area contributed by atoms with Crippen LogP contribution in [0.3, 0.4) is 0 Å². The van der Waals surface area contributed by atoms with Gasteiger partial charge in [0.1, 0.15) is 53.8 Å². The van der Waals surface area contributed by atoms with Gasteiger partial charge in [0.25, 0.3) is 0 Å². The minimum absolute atomic E-state index is 0.0321. The molecule has 0 radical (unpaired) electrons. The van der Waals surface area contributed by atoms with Gasteiger partial charge < -0.3 is 73.7 Å². The van der Waals surface area contributed by atoms with E-state index in [1.54, 1.807) is 37.4 Å². The molecule has 1 aromatic heterocycles. The number of aliphatic hydroxyl groups excluding tert-OH is 1. The Morgan fingerprint density at radius 2 is 1.32 bits per heavy atom. The van der Waals surface area contributed by atoms with Gasteiger partial charge in [0.05, 0.1) is 18.8 Å². The lowest BCUT2D eigenvalue weighted by atomic mass is 9.84. The molecule has 1 aliphatic heterocycles. The van der Waals surface area contributed by atoms with Crippen molar-refractivity contribution in [2.24, 2.45) is 11.5 Å². The van der Waals surface area contributed by atoms with Crippen molar-refractivity contribution in [1.82, 2.24) is 47.1 Å². The van der Waals surface area contributed by atoms with Crippen LogP contribution in [-0.4, -0.2) is 165 Å². The second kappa shape index (κ2) is 30.8. The molecule has 81 heavy (non-hydrogen) atoms. The molecule has 2 unspecified atom stereocenters. The SMILES string of the molecule is CC[C@H](NC(=O)[C@H](CCCCN)NC(=O)[C@@H](Cc1c[nH]c2ccccc12)NC(=O)[C@H](Cc1ccc(O)cc1)NC(=O)[C@H](CS)NC(=O)CCCN1CCOC2c3cc(O)ccc3CCC21)C(=O)N[C@@H](CS)C(=O)N[C@H](C(N)=O)[C@@H](C)O. The van der Waals surface area contributed by atoms with Gasteiger partial charge in [-0.3, -0.25) is 43.3 Å². The lowest BCUT2D eigenvalue weighted by Crippen LogP contribution is -2.61. The van der Waals surface area contributed by atoms with E-state index in [4.69, 9.17) is 16.2 Å². The molecule has 6 rings (SSSR count). The Balaban J connectivity index is 1.17. The Bertz CT molecular complexity index is 2820. The van der Waals surface area contributed by atoms with Crippen molar-refractivity contribution in [3.63, 3.8) is 0 Å². The van der Waals surface area contributed by atoms with Crippen molar-refractivity contribution >= 4 is 83.4 Å². The summed E-state index contributed by atoms with van der Waals surface area (Å²) < 4.78 is 6.17. The number of rotatable bonds is 30. The molecule has 15 N–H and O–H groups in total. The molecular weight excluding hydrogens is 1080 g/mol. The maximum atomic E-state index is 14.7. The number of morpholine rings is 1. The number of nitrogens with two attached hydrogens (primary N) is 2. The van der Waals surface area contributed by atoms with Gasteiger partial charge in [0.2, 0.25) is 47.3 Å². The average molecular weight is 1160 g/mol. The molecule has 4 aromatic rings. The number of carbonyl (C=O) groups excluding carboxylic acids is 8. The highest BCUT2D eigenvalue weighted by Gasteiger charge is 2.38. The van der Waals surface area contributed by atoms with Crippen LogP contribution >= 0.6 is 25.3 Å². The fraction of sp³-hybridized carbons (Fsp3) is 0.500. The third-order valence-electron chi connectivity index (χ3n) is 14.6. The molecule has 2 heterocycles. The number of aromatic hydroxyl groups is 2. The quantitative estimate of drug-likeness (QED) is 0.0245. The number of unbranched alkanes of at least 4 members (excludes halogenated alkanes) is 1. The van der Waals surface area contributed by atoms with Gasteiger partial charge in [0.15, 0.2) is 0 Å². The number of aliphatic hydroxyl groups is 1. The number of hydrogen-bond acceptors (Lipinski definition) is 16. The summed E-state index contributed by atoms with van der Waals surface area (Å²) in [6, 6.07) is 9.52. The standard InChI is InChI=1S/C56H77N11O12S2/c1-3-39(51(73)65-45(30-81)56(78)66-48(31(2)68)50(58)72)61-52(74)41(11-6-7-21-57)62-54(76)43(26-34-28-59-40-10-5-4-9-37(34)40)64-53(75)42(25-32-13-17-35(69)18-14-32)63-55(77)44(29-80)60-47(71)12-8-22-67-23-24-79-49-38-27-36(70)19-15-33(38)16-20-46(49)67/h4-5,9-10,13-15,17-19,27-28,31,39,41-46,48-49,59,68-70,80-81H,3,6-8,11-12,16,20-26,29-30,57H2,1-2H3,(H2,58,72)(H,60,71)(H,61,74)(H,62,76)(H,63,77)(H,64,75)(H,65,73)(H,66,78)/t31-,39+,41+,42+,43-,44+,45+,46?,48+,49?/m1/s1. The fourth-order valence-electron chi connectivity index (χ4n) is 10.1. The lowest BCUT2D eigenvalue weighted by Gasteiger charge is -2.44. The monoisotopic (exact) mass is 1160 g/mol. The van der Waals surface area contributed by atoms with Crippen LogP contribution in [0.25, 0.3) is 10.9 Å². The number of hydrogen-bond donors (Lipinski definition) is 15. The van der Waals surface area contributed by atoms with Crippen LogP contribution in [0.1, 0.15) is 87.2 Å². The molecule has 0 bridgehead atoms. The van der Waals surface area contributed by atoms with Gasteiger partial charge in [-0.2, -0.15) is 25.3 Å². The summed E-state index contributed by atoms with van der Waals surface area (Å²) in [5.41, 5.74) is 15.2. The van der Waals surface area contributed by atoms with Gasteiger partial charge in [-0.25, -0.2) is 0 Å². The smallest absolute Gasteiger partial charge is 0.244 e. The largest absolute Gasteiger partial charge is 0.508 e. The number of primary amides is 1.